The van der Waals surface area contributed by atoms with E-state index in [1.54, 1.807) is 11.0 Å². The molecule has 0 radical (unpaired) electrons. The van der Waals surface area contributed by atoms with Gasteiger partial charge in [0.25, 0.3) is 5.91 Å². The van der Waals surface area contributed by atoms with Crippen molar-refractivity contribution in [2.24, 2.45) is 0 Å². The highest BCUT2D eigenvalue weighted by Gasteiger charge is 2.24. The number of hydrogen-bond donors (Lipinski definition) is 0. The first kappa shape index (κ1) is 22.7. The number of halogens is 2. The lowest BCUT2D eigenvalue weighted by Crippen LogP contribution is -2.48. The number of nitro benzene ring substituents is 1. The maximum Gasteiger partial charge on any atom is 0.311 e. The molecule has 33 heavy (non-hydrogen) atoms. The second-order valence-corrected chi connectivity index (χ2v) is 8.02. The zero-order valence-electron chi connectivity index (χ0n) is 17.6. The van der Waals surface area contributed by atoms with E-state index in [9.17, 15) is 19.3 Å². The van der Waals surface area contributed by atoms with E-state index in [1.165, 1.54) is 10.9 Å². The van der Waals surface area contributed by atoms with Crippen molar-refractivity contribution in [3.8, 4) is 5.75 Å². The molecule has 1 amide bonds. The summed E-state index contributed by atoms with van der Waals surface area (Å²) in [6.45, 7) is 3.15. The topological polar surface area (TPSA) is 93.7 Å². The second-order valence-electron chi connectivity index (χ2n) is 7.58. The molecule has 0 saturated carbocycles. The van der Waals surface area contributed by atoms with Crippen LogP contribution in [-0.4, -0.2) is 56.6 Å². The minimum absolute atomic E-state index is 0.201. The van der Waals surface area contributed by atoms with Crippen molar-refractivity contribution < 1.29 is 18.8 Å². The number of rotatable bonds is 7. The van der Waals surface area contributed by atoms with Crippen LogP contribution in [0.25, 0.3) is 0 Å². The molecular weight excluding hydrogens is 453 g/mol. The number of carbonyl (C=O) groups excluding carboxylic acids is 1. The first-order chi connectivity index (χ1) is 15.9. The molecule has 1 aromatic heterocycles. The van der Waals surface area contributed by atoms with Gasteiger partial charge in [0.15, 0.2) is 12.4 Å². The number of nitrogens with zero attached hydrogens (tertiary/aromatic N) is 5. The molecule has 2 aromatic carbocycles. The smallest absolute Gasteiger partial charge is 0.311 e. The lowest BCUT2D eigenvalue weighted by atomic mass is 10.2. The summed E-state index contributed by atoms with van der Waals surface area (Å²) in [5, 5.41) is 16.0. The van der Waals surface area contributed by atoms with Crippen LogP contribution >= 0.6 is 11.6 Å². The molecule has 11 heteroatoms. The highest BCUT2D eigenvalue weighted by molar-refractivity contribution is 6.30. The maximum atomic E-state index is 13.4. The third kappa shape index (κ3) is 5.65. The molecule has 0 N–H and O–H groups in total. The van der Waals surface area contributed by atoms with E-state index < -0.39 is 10.7 Å². The lowest BCUT2D eigenvalue weighted by Gasteiger charge is -2.34. The van der Waals surface area contributed by atoms with Crippen molar-refractivity contribution in [2.45, 2.75) is 13.3 Å². The summed E-state index contributed by atoms with van der Waals surface area (Å²) >= 11 is 6.05. The standard InChI is InChI=1S/C22H21ClFN5O4/c23-17-3-1-2-16(12-17)14-26-8-10-27(11-9-26)22(30)19-6-7-28(25-19)15-33-21-13-18(24)4-5-20(21)29(31)32/h1-7,12-13H,8-11,14-15H2. The Bertz CT molecular complexity index is 1160. The van der Waals surface area contributed by atoms with Gasteiger partial charge >= 0.3 is 5.69 Å². The Hall–Kier alpha value is -3.50. The normalized spacial score (nSPS) is 14.3. The highest BCUT2D eigenvalue weighted by atomic mass is 35.5. The molecule has 1 fully saturated rings. The Morgan fingerprint density at radius 3 is 2.67 bits per heavy atom. The first-order valence-corrected chi connectivity index (χ1v) is 10.6. The molecular formula is C22H21ClFN5O4. The molecule has 1 saturated heterocycles. The van der Waals surface area contributed by atoms with Gasteiger partial charge in [0.05, 0.1) is 4.92 Å². The number of amides is 1. The van der Waals surface area contributed by atoms with E-state index in [1.807, 2.05) is 24.3 Å². The van der Waals surface area contributed by atoms with Gasteiger partial charge in [-0.05, 0) is 29.8 Å². The van der Waals surface area contributed by atoms with Crippen molar-refractivity contribution in [3.63, 3.8) is 0 Å². The Kier molecular flexibility index (Phi) is 6.85. The van der Waals surface area contributed by atoms with Gasteiger partial charge in [-0.15, -0.1) is 0 Å². The van der Waals surface area contributed by atoms with Crippen LogP contribution in [0.15, 0.2) is 54.7 Å². The van der Waals surface area contributed by atoms with E-state index in [0.29, 0.717) is 18.1 Å². The Morgan fingerprint density at radius 1 is 1.15 bits per heavy atom. The molecule has 3 aromatic rings. The van der Waals surface area contributed by atoms with E-state index >= 15 is 0 Å². The number of piperazine rings is 1. The second kappa shape index (κ2) is 9.97. The molecule has 0 spiro atoms. The van der Waals surface area contributed by atoms with Gasteiger partial charge in [0.2, 0.25) is 5.75 Å². The van der Waals surface area contributed by atoms with Crippen LogP contribution in [0.4, 0.5) is 10.1 Å². The molecule has 0 unspecified atom stereocenters. The van der Waals surface area contributed by atoms with Gasteiger partial charge in [-0.3, -0.25) is 19.8 Å². The van der Waals surface area contributed by atoms with Gasteiger partial charge in [-0.2, -0.15) is 5.10 Å². The van der Waals surface area contributed by atoms with Crippen LogP contribution in [0.3, 0.4) is 0 Å². The third-order valence-electron chi connectivity index (χ3n) is 5.29. The quantitative estimate of drug-likeness (QED) is 0.384. The van der Waals surface area contributed by atoms with Crippen molar-refractivity contribution >= 4 is 23.2 Å². The van der Waals surface area contributed by atoms with Crippen molar-refractivity contribution in [1.29, 1.82) is 0 Å². The summed E-state index contributed by atoms with van der Waals surface area (Å²) in [4.78, 5) is 27.2. The van der Waals surface area contributed by atoms with Crippen molar-refractivity contribution in [3.05, 3.63) is 86.9 Å². The van der Waals surface area contributed by atoms with Gasteiger partial charge in [-0.1, -0.05) is 23.7 Å². The van der Waals surface area contributed by atoms with E-state index in [0.717, 1.165) is 43.4 Å². The third-order valence-corrected chi connectivity index (χ3v) is 5.52. The summed E-state index contributed by atoms with van der Waals surface area (Å²) in [6.07, 6.45) is 1.54. The predicted molar refractivity (Wildman–Crippen MR) is 119 cm³/mol. The molecule has 2 heterocycles. The Balaban J connectivity index is 1.31. The number of ether oxygens (including phenoxy) is 1. The Labute approximate surface area is 194 Å². The lowest BCUT2D eigenvalue weighted by molar-refractivity contribution is -0.386. The summed E-state index contributed by atoms with van der Waals surface area (Å²) in [7, 11) is 0. The number of nitro groups is 1. The largest absolute Gasteiger partial charge is 0.464 e. The summed E-state index contributed by atoms with van der Waals surface area (Å²) < 4.78 is 20.1. The first-order valence-electron chi connectivity index (χ1n) is 10.3. The van der Waals surface area contributed by atoms with Crippen LogP contribution in [0.2, 0.25) is 5.02 Å². The molecule has 1 aliphatic heterocycles. The zero-order chi connectivity index (χ0) is 23.4. The number of benzene rings is 2. The molecule has 0 bridgehead atoms. The highest BCUT2D eigenvalue weighted by Crippen LogP contribution is 2.27. The average Bonchev–Trinajstić information content (AvgIpc) is 3.27. The number of carbonyl (C=O) groups is 1. The van der Waals surface area contributed by atoms with E-state index in [4.69, 9.17) is 16.3 Å². The fraction of sp³-hybridized carbons (Fsp3) is 0.273. The van der Waals surface area contributed by atoms with Crippen LogP contribution in [0.5, 0.6) is 5.75 Å². The molecule has 0 atom stereocenters. The molecule has 1 aliphatic rings. The number of hydrogen-bond acceptors (Lipinski definition) is 6. The predicted octanol–water partition coefficient (Wildman–Crippen LogP) is 3.58. The van der Waals surface area contributed by atoms with Crippen LogP contribution in [0, 0.1) is 15.9 Å². The molecule has 172 valence electrons. The zero-order valence-corrected chi connectivity index (χ0v) is 18.3. The SMILES string of the molecule is O=C(c1ccn(COc2cc(F)ccc2[N+](=O)[O-])n1)N1CCN(Cc2cccc(Cl)c2)CC1. The average molecular weight is 474 g/mol. The fourth-order valence-corrected chi connectivity index (χ4v) is 3.82. The molecule has 4 rings (SSSR count). The number of aromatic nitrogens is 2. The Morgan fingerprint density at radius 2 is 1.94 bits per heavy atom. The maximum absolute atomic E-state index is 13.4. The van der Waals surface area contributed by atoms with Crippen LogP contribution in [0.1, 0.15) is 16.1 Å². The van der Waals surface area contributed by atoms with Gasteiger partial charge in [-0.25, -0.2) is 9.07 Å². The summed E-state index contributed by atoms with van der Waals surface area (Å²) in [6, 6.07) is 12.2. The minimum atomic E-state index is -0.654. The van der Waals surface area contributed by atoms with E-state index in [2.05, 4.69) is 10.00 Å². The van der Waals surface area contributed by atoms with Crippen molar-refractivity contribution in [1.82, 2.24) is 19.6 Å². The summed E-state index contributed by atoms with van der Waals surface area (Å²) in [5.74, 6) is -1.06. The van der Waals surface area contributed by atoms with Crippen LogP contribution in [-0.2, 0) is 13.3 Å². The van der Waals surface area contributed by atoms with Gasteiger partial charge < -0.3 is 9.64 Å². The molecule has 9 nitrogen and oxygen atoms in total. The minimum Gasteiger partial charge on any atom is -0.464 e. The summed E-state index contributed by atoms with van der Waals surface area (Å²) in [5.41, 5.74) is 1.02. The van der Waals surface area contributed by atoms with E-state index in [-0.39, 0.29) is 29.8 Å². The monoisotopic (exact) mass is 473 g/mol. The van der Waals surface area contributed by atoms with Gasteiger partial charge in [0, 0.05) is 56.1 Å². The van der Waals surface area contributed by atoms with Crippen LogP contribution < -0.4 is 4.74 Å². The van der Waals surface area contributed by atoms with Crippen molar-refractivity contribution in [2.75, 3.05) is 26.2 Å². The van der Waals surface area contributed by atoms with Gasteiger partial charge in [0.1, 0.15) is 5.82 Å². The molecule has 0 aliphatic carbocycles. The fourth-order valence-electron chi connectivity index (χ4n) is 3.60.